The van der Waals surface area contributed by atoms with Crippen LogP contribution in [0.15, 0.2) is 127 Å². The van der Waals surface area contributed by atoms with Crippen LogP contribution in [-0.4, -0.2) is 40.4 Å². The molecule has 2 aromatic heterocycles. The summed E-state index contributed by atoms with van der Waals surface area (Å²) in [5.74, 6) is -0.429. The zero-order valence-corrected chi connectivity index (χ0v) is 26.1. The highest BCUT2D eigenvalue weighted by Gasteiger charge is 2.37. The van der Waals surface area contributed by atoms with Gasteiger partial charge in [-0.1, -0.05) is 90.1 Å². The summed E-state index contributed by atoms with van der Waals surface area (Å²) < 4.78 is 2.14. The minimum Gasteiger partial charge on any atom is -0.395 e. The Morgan fingerprint density at radius 1 is 0.978 bits per heavy atom. The molecule has 3 unspecified atom stereocenters. The Kier molecular flexibility index (Phi) is 9.73. The highest BCUT2D eigenvalue weighted by molar-refractivity contribution is 8.00. The number of pyridine rings is 1. The van der Waals surface area contributed by atoms with Crippen LogP contribution in [0.4, 0.5) is 0 Å². The molecule has 1 aliphatic heterocycles. The molecule has 3 atom stereocenters. The summed E-state index contributed by atoms with van der Waals surface area (Å²) in [6.45, 7) is 3.55. The van der Waals surface area contributed by atoms with Gasteiger partial charge in [-0.3, -0.25) is 9.78 Å². The largest absolute Gasteiger partial charge is 0.395 e. The van der Waals surface area contributed by atoms with Gasteiger partial charge in [0, 0.05) is 47.0 Å². The monoisotopic (exact) mass is 615 g/mol. The van der Waals surface area contributed by atoms with Crippen LogP contribution in [0.5, 0.6) is 0 Å². The second-order valence-corrected chi connectivity index (χ2v) is 12.4. The summed E-state index contributed by atoms with van der Waals surface area (Å²) in [7, 11) is 0. The standard InChI is InChI=1S/C37H37N5O2S/c1-26(23-27-11-4-2-5-12-27)40-20-10-22-44-41-33(28-13-6-3-7-14-28)29-15-8-16-30(24-29)35-34-32(36(38)43)18-21-42(34)37(45-35)31-17-9-19-39-25-31/h2-9,11-19,21,24-26,35,37,40H,10,20,22-23H2,1H3,(H2,38,43). The summed E-state index contributed by atoms with van der Waals surface area (Å²) in [4.78, 5) is 22.7. The molecule has 0 saturated carbocycles. The number of hydrogen-bond acceptors (Lipinski definition) is 6. The predicted molar refractivity (Wildman–Crippen MR) is 181 cm³/mol. The molecule has 1 amide bonds. The van der Waals surface area contributed by atoms with Crippen molar-refractivity contribution in [3.8, 4) is 0 Å². The lowest BCUT2D eigenvalue weighted by molar-refractivity contribution is 0.0999. The van der Waals surface area contributed by atoms with Crippen LogP contribution < -0.4 is 11.1 Å². The first-order chi connectivity index (χ1) is 22.1. The van der Waals surface area contributed by atoms with Crippen LogP contribution in [0.3, 0.4) is 0 Å². The van der Waals surface area contributed by atoms with Gasteiger partial charge < -0.3 is 20.5 Å². The van der Waals surface area contributed by atoms with E-state index in [0.29, 0.717) is 18.2 Å². The van der Waals surface area contributed by atoms with Crippen molar-refractivity contribution in [1.82, 2.24) is 14.9 Å². The van der Waals surface area contributed by atoms with Crippen LogP contribution >= 0.6 is 11.8 Å². The van der Waals surface area contributed by atoms with E-state index in [9.17, 15) is 4.79 Å². The van der Waals surface area contributed by atoms with E-state index in [0.717, 1.165) is 53.0 Å². The van der Waals surface area contributed by atoms with Crippen LogP contribution in [0.25, 0.3) is 0 Å². The number of nitrogens with two attached hydrogens (primary N) is 1. The van der Waals surface area contributed by atoms with Crippen LogP contribution in [-0.2, 0) is 11.3 Å². The molecule has 0 saturated heterocycles. The number of nitrogens with one attached hydrogen (secondary N) is 1. The van der Waals surface area contributed by atoms with Gasteiger partial charge in [-0.25, -0.2) is 0 Å². The second kappa shape index (κ2) is 14.4. The maximum atomic E-state index is 12.5. The van der Waals surface area contributed by atoms with Gasteiger partial charge in [0.1, 0.15) is 17.7 Å². The average molecular weight is 616 g/mol. The van der Waals surface area contributed by atoms with Gasteiger partial charge in [-0.15, -0.1) is 11.8 Å². The van der Waals surface area contributed by atoms with E-state index in [2.05, 4.69) is 75.5 Å². The van der Waals surface area contributed by atoms with E-state index in [-0.39, 0.29) is 10.6 Å². The number of fused-ring (bicyclic) bond motifs is 1. The average Bonchev–Trinajstić information content (AvgIpc) is 3.67. The van der Waals surface area contributed by atoms with Crippen molar-refractivity contribution in [2.75, 3.05) is 13.2 Å². The van der Waals surface area contributed by atoms with Crippen LogP contribution in [0, 0.1) is 0 Å². The highest BCUT2D eigenvalue weighted by Crippen LogP contribution is 2.53. The molecular weight excluding hydrogens is 579 g/mol. The molecule has 0 bridgehead atoms. The van der Waals surface area contributed by atoms with E-state index < -0.39 is 5.91 Å². The number of oxime groups is 1. The number of carbonyl (C=O) groups is 1. The summed E-state index contributed by atoms with van der Waals surface area (Å²) in [6, 6.07) is 35.1. The topological polar surface area (TPSA) is 94.5 Å². The van der Waals surface area contributed by atoms with Crippen molar-refractivity contribution in [1.29, 1.82) is 0 Å². The maximum absolute atomic E-state index is 12.5. The number of benzene rings is 3. The zero-order chi connectivity index (χ0) is 31.0. The van der Waals surface area contributed by atoms with Crippen LogP contribution in [0.2, 0.25) is 0 Å². The molecule has 3 heterocycles. The molecule has 0 aliphatic carbocycles. The third-order valence-corrected chi connectivity index (χ3v) is 9.44. The van der Waals surface area contributed by atoms with Gasteiger partial charge >= 0.3 is 0 Å². The van der Waals surface area contributed by atoms with Crippen molar-refractivity contribution >= 4 is 23.4 Å². The molecule has 45 heavy (non-hydrogen) atoms. The van der Waals surface area contributed by atoms with Gasteiger partial charge in [-0.05, 0) is 55.6 Å². The van der Waals surface area contributed by atoms with Crippen LogP contribution in [0.1, 0.15) is 67.8 Å². The van der Waals surface area contributed by atoms with Crippen molar-refractivity contribution in [3.63, 3.8) is 0 Å². The number of primary amides is 1. The first-order valence-corrected chi connectivity index (χ1v) is 16.2. The van der Waals surface area contributed by atoms with Crippen molar-refractivity contribution in [2.24, 2.45) is 10.9 Å². The third kappa shape index (κ3) is 7.19. The van der Waals surface area contributed by atoms with Gasteiger partial charge in [-0.2, -0.15) is 0 Å². The lowest BCUT2D eigenvalue weighted by atomic mass is 9.98. The fraction of sp³-hybridized carbons (Fsp3) is 0.216. The Morgan fingerprint density at radius 3 is 2.49 bits per heavy atom. The first-order valence-electron chi connectivity index (χ1n) is 15.3. The second-order valence-electron chi connectivity index (χ2n) is 11.2. The molecule has 1 aliphatic rings. The summed E-state index contributed by atoms with van der Waals surface area (Å²) >= 11 is 1.77. The van der Waals surface area contributed by atoms with Gasteiger partial charge in [0.05, 0.1) is 10.8 Å². The Bertz CT molecular complexity index is 1740. The molecule has 5 aromatic rings. The maximum Gasteiger partial charge on any atom is 0.250 e. The minimum atomic E-state index is -0.429. The third-order valence-electron chi connectivity index (χ3n) is 7.91. The number of amides is 1. The molecule has 6 rings (SSSR count). The normalized spacial score (nSPS) is 16.7. The van der Waals surface area contributed by atoms with E-state index in [4.69, 9.17) is 10.6 Å². The van der Waals surface area contributed by atoms with E-state index in [1.165, 1.54) is 5.56 Å². The Morgan fingerprint density at radius 2 is 1.73 bits per heavy atom. The quantitative estimate of drug-likeness (QED) is 0.0869. The number of nitrogens with zero attached hydrogens (tertiary/aromatic N) is 3. The molecule has 3 N–H and O–H groups in total. The SMILES string of the molecule is CC(Cc1ccccc1)NCCCON=C(c1ccccc1)c1cccc(C2SC(c3cccnc3)n3ccc(C(N)=O)c32)c1. The zero-order valence-electron chi connectivity index (χ0n) is 25.3. The number of hydrogen-bond donors (Lipinski definition) is 2. The molecule has 8 heteroatoms. The molecule has 0 fully saturated rings. The minimum absolute atomic E-state index is 0.0231. The van der Waals surface area contributed by atoms with Crippen molar-refractivity contribution in [2.45, 2.75) is 36.4 Å². The summed E-state index contributed by atoms with van der Waals surface area (Å²) in [6.07, 6.45) is 7.42. The van der Waals surface area contributed by atoms with E-state index >= 15 is 0 Å². The summed E-state index contributed by atoms with van der Waals surface area (Å²) in [5, 5.41) is 8.11. The van der Waals surface area contributed by atoms with Gasteiger partial charge in [0.15, 0.2) is 0 Å². The summed E-state index contributed by atoms with van der Waals surface area (Å²) in [5.41, 5.74) is 13.4. The lowest BCUT2D eigenvalue weighted by Crippen LogP contribution is -2.29. The fourth-order valence-electron chi connectivity index (χ4n) is 5.76. The molecule has 7 nitrogen and oxygen atoms in total. The number of aromatic nitrogens is 2. The lowest BCUT2D eigenvalue weighted by Gasteiger charge is -2.15. The fourth-order valence-corrected chi connectivity index (χ4v) is 7.31. The predicted octanol–water partition coefficient (Wildman–Crippen LogP) is 6.75. The van der Waals surface area contributed by atoms with Gasteiger partial charge in [0.25, 0.3) is 5.91 Å². The first kappa shape index (κ1) is 30.4. The highest BCUT2D eigenvalue weighted by atomic mass is 32.2. The number of carbonyl (C=O) groups excluding carboxylic acids is 1. The number of rotatable bonds is 13. The van der Waals surface area contributed by atoms with E-state index in [1.54, 1.807) is 18.0 Å². The molecule has 3 aromatic carbocycles. The molecular formula is C37H37N5O2S. The Labute approximate surface area is 268 Å². The molecule has 0 spiro atoms. The van der Waals surface area contributed by atoms with Gasteiger partial charge in [0.2, 0.25) is 0 Å². The Hall–Kier alpha value is -4.66. The van der Waals surface area contributed by atoms with Crippen molar-refractivity contribution < 1.29 is 9.63 Å². The Balaban J connectivity index is 1.19. The van der Waals surface area contributed by atoms with E-state index in [1.807, 2.05) is 67.0 Å². The molecule has 228 valence electrons. The number of thioether (sulfide) groups is 1. The van der Waals surface area contributed by atoms with Crippen molar-refractivity contribution in [3.05, 3.63) is 161 Å². The smallest absolute Gasteiger partial charge is 0.250 e. The molecule has 0 radical (unpaired) electrons.